The number of halogens is 1. The average Bonchev–Trinajstić information content (AvgIpc) is 3.38. The van der Waals surface area contributed by atoms with Crippen LogP contribution in [0.4, 0.5) is 4.39 Å². The molecule has 0 unspecified atom stereocenters. The van der Waals surface area contributed by atoms with Crippen LogP contribution in [0.3, 0.4) is 0 Å². The highest BCUT2D eigenvalue weighted by Gasteiger charge is 2.24. The molecule has 32 heavy (non-hydrogen) atoms. The van der Waals surface area contributed by atoms with Gasteiger partial charge in [-0.15, -0.1) is 10.2 Å². The number of benzene rings is 2. The summed E-state index contributed by atoms with van der Waals surface area (Å²) >= 11 is 0. The van der Waals surface area contributed by atoms with Crippen molar-refractivity contribution >= 4 is 22.8 Å². The Bertz CT molecular complexity index is 1440. The molecule has 3 heterocycles. The van der Waals surface area contributed by atoms with E-state index in [1.807, 2.05) is 37.3 Å². The SMILES string of the molecule is CCc1nn2c(nnc3c(CC(=O)OC)nn(-c4ccc(F)cc4)c32)c1-c1ccccc1. The fourth-order valence-corrected chi connectivity index (χ4v) is 3.77. The minimum atomic E-state index is -0.447. The molecule has 0 spiro atoms. The van der Waals surface area contributed by atoms with Crippen molar-refractivity contribution in [3.05, 3.63) is 71.8 Å². The fourth-order valence-electron chi connectivity index (χ4n) is 3.77. The van der Waals surface area contributed by atoms with E-state index >= 15 is 0 Å². The van der Waals surface area contributed by atoms with Crippen molar-refractivity contribution in [3.63, 3.8) is 0 Å². The van der Waals surface area contributed by atoms with Crippen molar-refractivity contribution in [3.8, 4) is 16.8 Å². The number of nitrogens with zero attached hydrogens (tertiary/aromatic N) is 6. The van der Waals surface area contributed by atoms with Gasteiger partial charge < -0.3 is 4.74 Å². The molecule has 5 aromatic rings. The molecular weight excluding hydrogens is 411 g/mol. The molecular formula is C23H19FN6O2. The summed E-state index contributed by atoms with van der Waals surface area (Å²) in [6, 6.07) is 15.8. The zero-order valence-electron chi connectivity index (χ0n) is 17.5. The second kappa shape index (κ2) is 7.84. The second-order valence-electron chi connectivity index (χ2n) is 7.24. The third kappa shape index (κ3) is 3.18. The van der Waals surface area contributed by atoms with Crippen molar-refractivity contribution in [2.45, 2.75) is 19.8 Å². The summed E-state index contributed by atoms with van der Waals surface area (Å²) in [6.07, 6.45) is 0.615. The molecule has 0 saturated heterocycles. The summed E-state index contributed by atoms with van der Waals surface area (Å²) in [4.78, 5) is 12.0. The quantitative estimate of drug-likeness (QED) is 0.397. The van der Waals surface area contributed by atoms with Crippen LogP contribution in [0.5, 0.6) is 0 Å². The molecule has 0 fully saturated rings. The molecule has 0 aliphatic rings. The zero-order chi connectivity index (χ0) is 22.2. The van der Waals surface area contributed by atoms with Crippen LogP contribution in [0.15, 0.2) is 54.6 Å². The third-order valence-corrected chi connectivity index (χ3v) is 5.29. The number of methoxy groups -OCH3 is 1. The number of rotatable bonds is 5. The number of fused-ring (bicyclic) bond motifs is 3. The number of ether oxygens (including phenoxy) is 1. The topological polar surface area (TPSA) is 87.2 Å². The Morgan fingerprint density at radius 3 is 2.44 bits per heavy atom. The molecule has 8 nitrogen and oxygen atoms in total. The lowest BCUT2D eigenvalue weighted by Crippen LogP contribution is -2.06. The number of hydrogen-bond acceptors (Lipinski definition) is 6. The molecule has 0 bridgehead atoms. The molecule has 160 valence electrons. The summed E-state index contributed by atoms with van der Waals surface area (Å²) in [7, 11) is 1.32. The summed E-state index contributed by atoms with van der Waals surface area (Å²) in [6.45, 7) is 2.03. The van der Waals surface area contributed by atoms with Crippen molar-refractivity contribution in [2.75, 3.05) is 7.11 Å². The molecule has 0 aliphatic carbocycles. The molecule has 0 saturated carbocycles. The minimum Gasteiger partial charge on any atom is -0.469 e. The Balaban J connectivity index is 1.85. The van der Waals surface area contributed by atoms with E-state index in [-0.39, 0.29) is 12.2 Å². The Kier molecular flexibility index (Phi) is 4.85. The predicted octanol–water partition coefficient (Wildman–Crippen LogP) is 3.55. The lowest BCUT2D eigenvalue weighted by Gasteiger charge is -2.04. The lowest BCUT2D eigenvalue weighted by atomic mass is 10.0. The smallest absolute Gasteiger partial charge is 0.311 e. The number of carbonyl (C=O) groups excluding carboxylic acids is 1. The van der Waals surface area contributed by atoms with Gasteiger partial charge in [0.05, 0.1) is 30.5 Å². The maximum atomic E-state index is 13.6. The van der Waals surface area contributed by atoms with Gasteiger partial charge in [-0.3, -0.25) is 4.79 Å². The molecule has 0 atom stereocenters. The van der Waals surface area contributed by atoms with Crippen LogP contribution >= 0.6 is 0 Å². The van der Waals surface area contributed by atoms with Gasteiger partial charge in [0.2, 0.25) is 0 Å². The van der Waals surface area contributed by atoms with Crippen LogP contribution < -0.4 is 0 Å². The first-order valence-electron chi connectivity index (χ1n) is 10.1. The van der Waals surface area contributed by atoms with Crippen molar-refractivity contribution < 1.29 is 13.9 Å². The van der Waals surface area contributed by atoms with E-state index in [0.29, 0.717) is 34.6 Å². The fraction of sp³-hybridized carbons (Fsp3) is 0.174. The molecule has 0 radical (unpaired) electrons. The van der Waals surface area contributed by atoms with Crippen molar-refractivity contribution in [1.29, 1.82) is 0 Å². The monoisotopic (exact) mass is 430 g/mol. The Morgan fingerprint density at radius 2 is 1.75 bits per heavy atom. The van der Waals surface area contributed by atoms with Gasteiger partial charge >= 0.3 is 5.97 Å². The predicted molar refractivity (Wildman–Crippen MR) is 116 cm³/mol. The van der Waals surface area contributed by atoms with Crippen LogP contribution in [0.1, 0.15) is 18.3 Å². The number of esters is 1. The molecule has 3 aromatic heterocycles. The first-order chi connectivity index (χ1) is 15.6. The van der Waals surface area contributed by atoms with Crippen LogP contribution in [-0.2, 0) is 22.4 Å². The zero-order valence-corrected chi connectivity index (χ0v) is 17.5. The number of aryl methyl sites for hydroxylation is 1. The maximum Gasteiger partial charge on any atom is 0.311 e. The van der Waals surface area contributed by atoms with Crippen LogP contribution in [0.2, 0.25) is 0 Å². The Hall–Kier alpha value is -4.14. The summed E-state index contributed by atoms with van der Waals surface area (Å²) in [5, 5.41) is 18.3. The van der Waals surface area contributed by atoms with E-state index in [4.69, 9.17) is 9.84 Å². The first-order valence-corrected chi connectivity index (χ1v) is 10.1. The van der Waals surface area contributed by atoms with E-state index in [2.05, 4.69) is 15.3 Å². The van der Waals surface area contributed by atoms with Crippen molar-refractivity contribution in [1.82, 2.24) is 29.6 Å². The van der Waals surface area contributed by atoms with Gasteiger partial charge in [-0.2, -0.15) is 14.7 Å². The van der Waals surface area contributed by atoms with Crippen LogP contribution in [0, 0.1) is 5.82 Å². The molecule has 9 heteroatoms. The molecule has 0 amide bonds. The summed E-state index contributed by atoms with van der Waals surface area (Å²) in [5.41, 5.74) is 5.29. The van der Waals surface area contributed by atoms with Crippen LogP contribution in [-0.4, -0.2) is 42.7 Å². The lowest BCUT2D eigenvalue weighted by molar-refractivity contribution is -0.139. The normalized spacial score (nSPS) is 11.3. The largest absolute Gasteiger partial charge is 0.469 e. The highest BCUT2D eigenvalue weighted by Crippen LogP contribution is 2.30. The Labute approximate surface area is 182 Å². The highest BCUT2D eigenvalue weighted by atomic mass is 19.1. The van der Waals surface area contributed by atoms with E-state index < -0.39 is 5.97 Å². The molecule has 5 rings (SSSR count). The Morgan fingerprint density at radius 1 is 1.00 bits per heavy atom. The maximum absolute atomic E-state index is 13.6. The number of hydrogen-bond donors (Lipinski definition) is 0. The number of carbonyl (C=O) groups is 1. The van der Waals surface area contributed by atoms with Gasteiger partial charge in [-0.05, 0) is 36.2 Å². The molecule has 0 aliphatic heterocycles. The van der Waals surface area contributed by atoms with Crippen LogP contribution in [0.25, 0.3) is 33.6 Å². The van der Waals surface area contributed by atoms with E-state index in [1.165, 1.54) is 19.2 Å². The van der Waals surface area contributed by atoms with Gasteiger partial charge in [-0.1, -0.05) is 37.3 Å². The summed E-state index contributed by atoms with van der Waals surface area (Å²) < 4.78 is 21.7. The first kappa shape index (κ1) is 19.8. The van der Waals surface area contributed by atoms with Gasteiger partial charge in [-0.25, -0.2) is 9.07 Å². The minimum absolute atomic E-state index is 0.0746. The summed E-state index contributed by atoms with van der Waals surface area (Å²) in [5.74, 6) is -0.805. The average molecular weight is 430 g/mol. The van der Waals surface area contributed by atoms with Crippen molar-refractivity contribution in [2.24, 2.45) is 0 Å². The third-order valence-electron chi connectivity index (χ3n) is 5.29. The number of aromatic nitrogens is 6. The van der Waals surface area contributed by atoms with Gasteiger partial charge in [0.15, 0.2) is 16.8 Å². The van der Waals surface area contributed by atoms with E-state index in [1.54, 1.807) is 21.3 Å². The molecule has 2 aromatic carbocycles. The van der Waals surface area contributed by atoms with Gasteiger partial charge in [0, 0.05) is 0 Å². The van der Waals surface area contributed by atoms with E-state index in [0.717, 1.165) is 16.8 Å². The standard InChI is InChI=1S/C23H19FN6O2/c1-3-17-20(14-7-5-4-6-8-14)22-26-25-21-18(13-19(31)32-2)28-29(23(21)30(22)27-17)16-11-9-15(24)10-12-16/h4-12H,3,13H2,1-2H3. The highest BCUT2D eigenvalue weighted by molar-refractivity contribution is 5.87. The molecule has 0 N–H and O–H groups in total. The second-order valence-corrected chi connectivity index (χ2v) is 7.24. The van der Waals surface area contributed by atoms with Gasteiger partial charge in [0.25, 0.3) is 0 Å². The van der Waals surface area contributed by atoms with E-state index in [9.17, 15) is 9.18 Å². The van der Waals surface area contributed by atoms with Gasteiger partial charge in [0.1, 0.15) is 11.5 Å².